The van der Waals surface area contributed by atoms with Gasteiger partial charge in [0.2, 0.25) is 6.29 Å². The highest BCUT2D eigenvalue weighted by atomic mass is 127. The molecule has 0 unspecified atom stereocenters. The standard InChI is InChI=1S/C15H10Cl4I2O2/c1-2-13(22-14-9(18)3-7(16)5-11(14)20)23-15-10(19)4-8(17)6-12(15)21/h3-6,13H,2H2,1H3. The van der Waals surface area contributed by atoms with E-state index in [-0.39, 0.29) is 0 Å². The molecule has 0 spiro atoms. The first-order valence-electron chi connectivity index (χ1n) is 6.44. The van der Waals surface area contributed by atoms with Crippen molar-refractivity contribution >= 4 is 91.6 Å². The van der Waals surface area contributed by atoms with Crippen LogP contribution in [0.15, 0.2) is 24.3 Å². The zero-order valence-corrected chi connectivity index (χ0v) is 19.0. The largest absolute Gasteiger partial charge is 0.452 e. The molecular weight excluding hydrogens is 608 g/mol. The van der Waals surface area contributed by atoms with Gasteiger partial charge in [0.15, 0.2) is 11.5 Å². The number of benzene rings is 2. The van der Waals surface area contributed by atoms with Gasteiger partial charge < -0.3 is 9.47 Å². The van der Waals surface area contributed by atoms with E-state index in [1.165, 1.54) is 0 Å². The van der Waals surface area contributed by atoms with Crippen molar-refractivity contribution in [1.29, 1.82) is 0 Å². The number of hydrogen-bond acceptors (Lipinski definition) is 2. The Balaban J connectivity index is 2.26. The maximum absolute atomic E-state index is 6.21. The van der Waals surface area contributed by atoms with Crippen LogP contribution in [-0.2, 0) is 0 Å². The minimum Gasteiger partial charge on any atom is -0.452 e. The summed E-state index contributed by atoms with van der Waals surface area (Å²) < 4.78 is 13.4. The van der Waals surface area contributed by atoms with E-state index >= 15 is 0 Å². The Bertz CT molecular complexity index is 619. The summed E-state index contributed by atoms with van der Waals surface area (Å²) in [6, 6.07) is 6.81. The number of rotatable bonds is 5. The highest BCUT2D eigenvalue weighted by Crippen LogP contribution is 2.37. The molecule has 0 heterocycles. The SMILES string of the molecule is CCC(Oc1c(Cl)cc(Cl)cc1I)Oc1c(Cl)cc(Cl)cc1I. The maximum Gasteiger partial charge on any atom is 0.241 e. The topological polar surface area (TPSA) is 18.5 Å². The molecule has 0 N–H and O–H groups in total. The second-order valence-electron chi connectivity index (χ2n) is 4.47. The fraction of sp³-hybridized carbons (Fsp3) is 0.200. The molecule has 0 saturated carbocycles. The molecule has 0 aromatic heterocycles. The van der Waals surface area contributed by atoms with Gasteiger partial charge in [0, 0.05) is 16.5 Å². The molecule has 0 bridgehead atoms. The summed E-state index contributed by atoms with van der Waals surface area (Å²) in [5.74, 6) is 1.06. The Morgan fingerprint density at radius 1 is 0.826 bits per heavy atom. The van der Waals surface area contributed by atoms with Gasteiger partial charge in [-0.25, -0.2) is 0 Å². The molecule has 2 nitrogen and oxygen atoms in total. The van der Waals surface area contributed by atoms with Gasteiger partial charge in [0.1, 0.15) is 0 Å². The van der Waals surface area contributed by atoms with Crippen LogP contribution in [-0.4, -0.2) is 6.29 Å². The van der Waals surface area contributed by atoms with Crippen LogP contribution >= 0.6 is 91.6 Å². The third kappa shape index (κ3) is 5.31. The van der Waals surface area contributed by atoms with Crippen molar-refractivity contribution in [1.82, 2.24) is 0 Å². The lowest BCUT2D eigenvalue weighted by Gasteiger charge is -2.22. The summed E-state index contributed by atoms with van der Waals surface area (Å²) >= 11 is 28.6. The van der Waals surface area contributed by atoms with Crippen LogP contribution in [0.2, 0.25) is 20.1 Å². The quantitative estimate of drug-likeness (QED) is 0.253. The van der Waals surface area contributed by atoms with Gasteiger partial charge >= 0.3 is 0 Å². The van der Waals surface area contributed by atoms with Gasteiger partial charge in [0.25, 0.3) is 0 Å². The van der Waals surface area contributed by atoms with Crippen LogP contribution in [0.1, 0.15) is 13.3 Å². The van der Waals surface area contributed by atoms with Gasteiger partial charge in [-0.1, -0.05) is 53.3 Å². The molecule has 0 radical (unpaired) electrons. The van der Waals surface area contributed by atoms with E-state index in [2.05, 4.69) is 45.2 Å². The van der Waals surface area contributed by atoms with Gasteiger partial charge in [-0.15, -0.1) is 0 Å². The van der Waals surface area contributed by atoms with Crippen molar-refractivity contribution in [2.24, 2.45) is 0 Å². The first-order valence-corrected chi connectivity index (χ1v) is 10.1. The summed E-state index contributed by atoms with van der Waals surface area (Å²) in [6.07, 6.45) is 0.0544. The molecule has 2 aromatic carbocycles. The molecule has 0 aliphatic rings. The zero-order chi connectivity index (χ0) is 17.1. The first kappa shape index (κ1) is 20.0. The molecule has 8 heteroatoms. The molecule has 0 saturated heterocycles. The van der Waals surface area contributed by atoms with E-state index in [0.717, 1.165) is 7.14 Å². The summed E-state index contributed by atoms with van der Waals surface area (Å²) in [4.78, 5) is 0. The van der Waals surface area contributed by atoms with Crippen LogP contribution in [0, 0.1) is 7.14 Å². The predicted octanol–water partition coefficient (Wildman–Crippen LogP) is 7.70. The molecule has 0 amide bonds. The Morgan fingerprint density at radius 3 is 1.52 bits per heavy atom. The van der Waals surface area contributed by atoms with E-state index in [9.17, 15) is 0 Å². The minimum atomic E-state index is -0.547. The van der Waals surface area contributed by atoms with Crippen molar-refractivity contribution in [3.8, 4) is 11.5 Å². The minimum absolute atomic E-state index is 0.431. The number of halogens is 6. The average Bonchev–Trinajstić information content (AvgIpc) is 2.44. The van der Waals surface area contributed by atoms with Crippen LogP contribution in [0.4, 0.5) is 0 Å². The zero-order valence-electron chi connectivity index (χ0n) is 11.7. The Labute approximate surface area is 182 Å². The van der Waals surface area contributed by atoms with Gasteiger partial charge in [-0.2, -0.15) is 0 Å². The fourth-order valence-electron chi connectivity index (χ4n) is 1.74. The van der Waals surface area contributed by atoms with E-state index < -0.39 is 6.29 Å². The second kappa shape index (κ2) is 8.85. The molecule has 124 valence electrons. The molecule has 0 aliphatic carbocycles. The van der Waals surface area contributed by atoms with E-state index in [0.29, 0.717) is 38.0 Å². The third-order valence-electron chi connectivity index (χ3n) is 2.76. The van der Waals surface area contributed by atoms with Gasteiger partial charge in [0.05, 0.1) is 17.2 Å². The van der Waals surface area contributed by atoms with Crippen molar-refractivity contribution in [2.45, 2.75) is 19.6 Å². The Hall–Kier alpha value is 0.660. The predicted molar refractivity (Wildman–Crippen MR) is 114 cm³/mol. The maximum atomic E-state index is 6.21. The Morgan fingerprint density at radius 2 is 1.22 bits per heavy atom. The molecule has 0 atom stereocenters. The molecule has 0 fully saturated rings. The van der Waals surface area contributed by atoms with Crippen molar-refractivity contribution < 1.29 is 9.47 Å². The van der Waals surface area contributed by atoms with E-state index in [1.807, 2.05) is 6.92 Å². The fourth-order valence-corrected chi connectivity index (χ4v) is 5.01. The lowest BCUT2D eigenvalue weighted by molar-refractivity contribution is 0.00216. The van der Waals surface area contributed by atoms with Crippen LogP contribution in [0.5, 0.6) is 11.5 Å². The summed E-state index contributed by atoms with van der Waals surface area (Å²) in [6.45, 7) is 1.94. The lowest BCUT2D eigenvalue weighted by Crippen LogP contribution is -2.24. The molecule has 0 aliphatic heterocycles. The van der Waals surface area contributed by atoms with Gasteiger partial charge in [-0.05, 0) is 69.4 Å². The smallest absolute Gasteiger partial charge is 0.241 e. The average molecular weight is 618 g/mol. The van der Waals surface area contributed by atoms with Crippen LogP contribution < -0.4 is 9.47 Å². The first-order chi connectivity index (χ1) is 10.8. The second-order valence-corrected chi connectivity index (χ2v) is 8.48. The number of ether oxygens (including phenoxy) is 2. The third-order valence-corrected chi connectivity index (χ3v) is 5.36. The molecule has 2 rings (SSSR count). The summed E-state index contributed by atoms with van der Waals surface area (Å²) in [5.41, 5.74) is 0. The number of hydrogen-bond donors (Lipinski definition) is 0. The Kier molecular flexibility index (Phi) is 7.69. The van der Waals surface area contributed by atoms with Crippen molar-refractivity contribution in [2.75, 3.05) is 0 Å². The van der Waals surface area contributed by atoms with Gasteiger partial charge in [-0.3, -0.25) is 0 Å². The highest BCUT2D eigenvalue weighted by molar-refractivity contribution is 14.1. The normalized spacial score (nSPS) is 11.0. The lowest BCUT2D eigenvalue weighted by atomic mass is 10.3. The van der Waals surface area contributed by atoms with E-state index in [4.69, 9.17) is 55.9 Å². The molecule has 2 aromatic rings. The monoisotopic (exact) mass is 616 g/mol. The van der Waals surface area contributed by atoms with Crippen LogP contribution in [0.25, 0.3) is 0 Å². The highest BCUT2D eigenvalue weighted by Gasteiger charge is 2.19. The van der Waals surface area contributed by atoms with Crippen molar-refractivity contribution in [3.05, 3.63) is 51.5 Å². The summed E-state index contributed by atoms with van der Waals surface area (Å²) in [5, 5.41) is 1.97. The summed E-state index contributed by atoms with van der Waals surface area (Å²) in [7, 11) is 0. The van der Waals surface area contributed by atoms with E-state index in [1.54, 1.807) is 24.3 Å². The van der Waals surface area contributed by atoms with Crippen molar-refractivity contribution in [3.63, 3.8) is 0 Å². The molecular formula is C15H10Cl4I2O2. The van der Waals surface area contributed by atoms with Crippen LogP contribution in [0.3, 0.4) is 0 Å². The molecule has 23 heavy (non-hydrogen) atoms.